The number of nitriles is 1. The Morgan fingerprint density at radius 1 is 1.30 bits per heavy atom. The number of aliphatic imine (C=N–C) groups is 1. The molecule has 2 N–H and O–H groups in total. The lowest BCUT2D eigenvalue weighted by Crippen LogP contribution is -2.69. The van der Waals surface area contributed by atoms with Crippen LogP contribution in [0, 0.1) is 22.7 Å². The zero-order chi connectivity index (χ0) is 15.6. The van der Waals surface area contributed by atoms with Gasteiger partial charge in [0, 0.05) is 31.2 Å². The largest absolute Gasteiger partial charge is 0.378 e. The van der Waals surface area contributed by atoms with Crippen LogP contribution in [0.15, 0.2) is 4.99 Å². The molecule has 0 aliphatic heterocycles. The highest BCUT2D eigenvalue weighted by Crippen LogP contribution is 2.57. The van der Waals surface area contributed by atoms with Crippen molar-refractivity contribution in [2.45, 2.75) is 70.1 Å². The van der Waals surface area contributed by atoms with Crippen LogP contribution in [0.4, 0.5) is 0 Å². The van der Waals surface area contributed by atoms with Gasteiger partial charge in [0.1, 0.15) is 0 Å². The fourth-order valence-electron chi connectivity index (χ4n) is 4.44. The Hall–Kier alpha value is -0.550. The first-order valence-electron chi connectivity index (χ1n) is 8.74. The highest BCUT2D eigenvalue weighted by molar-refractivity contribution is 14.0. The number of hydrogen-bond acceptors (Lipinski definition) is 3. The second-order valence-electron chi connectivity index (χ2n) is 6.95. The molecule has 4 unspecified atom stereocenters. The molecule has 6 heteroatoms. The van der Waals surface area contributed by atoms with Gasteiger partial charge in [0.25, 0.3) is 0 Å². The number of ether oxygens (including phenoxy) is 1. The predicted molar refractivity (Wildman–Crippen MR) is 102 cm³/mol. The van der Waals surface area contributed by atoms with E-state index >= 15 is 0 Å². The third-order valence-corrected chi connectivity index (χ3v) is 5.98. The SMILES string of the molecule is CCOC1CC(NC(=NC)NC2CCCC2C#N)C12CCC2.I. The van der Waals surface area contributed by atoms with Gasteiger partial charge in [-0.25, -0.2) is 0 Å². The minimum Gasteiger partial charge on any atom is -0.378 e. The van der Waals surface area contributed by atoms with E-state index in [4.69, 9.17) is 4.74 Å². The van der Waals surface area contributed by atoms with Crippen LogP contribution in [0.5, 0.6) is 0 Å². The van der Waals surface area contributed by atoms with Gasteiger partial charge in [0.05, 0.1) is 18.1 Å². The number of nitrogens with one attached hydrogen (secondary N) is 2. The predicted octanol–water partition coefficient (Wildman–Crippen LogP) is 2.81. The number of halogens is 1. The topological polar surface area (TPSA) is 69.4 Å². The maximum Gasteiger partial charge on any atom is 0.191 e. The maximum atomic E-state index is 9.22. The zero-order valence-corrected chi connectivity index (χ0v) is 16.5. The van der Waals surface area contributed by atoms with Crippen LogP contribution in [0.3, 0.4) is 0 Å². The van der Waals surface area contributed by atoms with Crippen molar-refractivity contribution in [1.29, 1.82) is 5.26 Å². The number of nitrogens with zero attached hydrogens (tertiary/aromatic N) is 2. The standard InChI is InChI=1S/C17H28N4O.HI/c1-3-22-15-10-14(17(15)8-5-9-17)21-16(19-2)20-13-7-4-6-12(13)11-18;/h12-15H,3-10H2,1-2H3,(H2,19,20,21);1H. The summed E-state index contributed by atoms with van der Waals surface area (Å²) in [6.07, 6.45) is 8.52. The van der Waals surface area contributed by atoms with Crippen molar-refractivity contribution in [2.24, 2.45) is 16.3 Å². The highest BCUT2D eigenvalue weighted by Gasteiger charge is 2.59. The summed E-state index contributed by atoms with van der Waals surface area (Å²) in [6, 6.07) is 3.13. The fraction of sp³-hybridized carbons (Fsp3) is 0.882. The van der Waals surface area contributed by atoms with E-state index in [1.807, 2.05) is 7.05 Å². The minimum absolute atomic E-state index is 0. The molecule has 23 heavy (non-hydrogen) atoms. The van der Waals surface area contributed by atoms with Gasteiger partial charge in [-0.15, -0.1) is 24.0 Å². The summed E-state index contributed by atoms with van der Waals surface area (Å²) in [4.78, 5) is 4.38. The lowest BCUT2D eigenvalue weighted by Gasteiger charge is -2.61. The van der Waals surface area contributed by atoms with E-state index in [0.29, 0.717) is 17.6 Å². The van der Waals surface area contributed by atoms with Crippen LogP contribution in [-0.4, -0.2) is 37.8 Å². The monoisotopic (exact) mass is 432 g/mol. The summed E-state index contributed by atoms with van der Waals surface area (Å²) >= 11 is 0. The van der Waals surface area contributed by atoms with Gasteiger partial charge in [-0.05, 0) is 45.4 Å². The molecule has 0 saturated heterocycles. The van der Waals surface area contributed by atoms with E-state index in [2.05, 4.69) is 28.6 Å². The average Bonchev–Trinajstić information content (AvgIpc) is 2.90. The van der Waals surface area contributed by atoms with E-state index < -0.39 is 0 Å². The van der Waals surface area contributed by atoms with Crippen molar-refractivity contribution in [3.05, 3.63) is 0 Å². The third-order valence-electron chi connectivity index (χ3n) is 5.98. The summed E-state index contributed by atoms with van der Waals surface area (Å²) in [6.45, 7) is 2.88. The Morgan fingerprint density at radius 3 is 2.65 bits per heavy atom. The van der Waals surface area contributed by atoms with Crippen LogP contribution in [0.2, 0.25) is 0 Å². The van der Waals surface area contributed by atoms with Crippen molar-refractivity contribution in [3.63, 3.8) is 0 Å². The Morgan fingerprint density at radius 2 is 2.09 bits per heavy atom. The van der Waals surface area contributed by atoms with E-state index in [9.17, 15) is 5.26 Å². The van der Waals surface area contributed by atoms with Crippen LogP contribution in [0.1, 0.15) is 51.9 Å². The summed E-state index contributed by atoms with van der Waals surface area (Å²) in [5.74, 6) is 0.979. The molecule has 0 bridgehead atoms. The van der Waals surface area contributed by atoms with E-state index in [1.165, 1.54) is 19.3 Å². The number of rotatable bonds is 4. The smallest absolute Gasteiger partial charge is 0.191 e. The highest BCUT2D eigenvalue weighted by atomic mass is 127. The van der Waals surface area contributed by atoms with E-state index in [1.54, 1.807) is 0 Å². The Bertz CT molecular complexity index is 472. The maximum absolute atomic E-state index is 9.22. The second kappa shape index (κ2) is 8.02. The molecule has 0 aromatic carbocycles. The van der Waals surface area contributed by atoms with Gasteiger partial charge in [-0.3, -0.25) is 4.99 Å². The first-order valence-corrected chi connectivity index (χ1v) is 8.74. The first-order chi connectivity index (χ1) is 10.7. The summed E-state index contributed by atoms with van der Waals surface area (Å²) in [7, 11) is 1.82. The normalized spacial score (nSPS) is 34.7. The quantitative estimate of drug-likeness (QED) is 0.407. The molecule has 1 spiro atoms. The van der Waals surface area contributed by atoms with Gasteiger partial charge in [-0.2, -0.15) is 5.26 Å². The molecule has 3 aliphatic carbocycles. The molecule has 130 valence electrons. The lowest BCUT2D eigenvalue weighted by atomic mass is 9.51. The molecule has 3 fully saturated rings. The van der Waals surface area contributed by atoms with Crippen molar-refractivity contribution in [1.82, 2.24) is 10.6 Å². The van der Waals surface area contributed by atoms with Gasteiger partial charge in [-0.1, -0.05) is 6.42 Å². The lowest BCUT2D eigenvalue weighted by molar-refractivity contribution is -0.168. The van der Waals surface area contributed by atoms with Crippen molar-refractivity contribution in [3.8, 4) is 6.07 Å². The van der Waals surface area contributed by atoms with E-state index in [-0.39, 0.29) is 35.9 Å². The fourth-order valence-corrected chi connectivity index (χ4v) is 4.44. The molecular formula is C17H29IN4O. The second-order valence-corrected chi connectivity index (χ2v) is 6.95. The van der Waals surface area contributed by atoms with Crippen LogP contribution >= 0.6 is 24.0 Å². The Labute approximate surface area is 156 Å². The summed E-state index contributed by atoms with van der Waals surface area (Å²) < 4.78 is 5.91. The molecule has 0 radical (unpaired) electrons. The van der Waals surface area contributed by atoms with Crippen LogP contribution in [-0.2, 0) is 4.74 Å². The molecule has 4 atom stereocenters. The van der Waals surface area contributed by atoms with Crippen LogP contribution in [0.25, 0.3) is 0 Å². The molecule has 0 aromatic rings. The zero-order valence-electron chi connectivity index (χ0n) is 14.2. The molecule has 0 amide bonds. The van der Waals surface area contributed by atoms with E-state index in [0.717, 1.165) is 38.2 Å². The van der Waals surface area contributed by atoms with Crippen molar-refractivity contribution < 1.29 is 4.74 Å². The van der Waals surface area contributed by atoms with Crippen molar-refractivity contribution in [2.75, 3.05) is 13.7 Å². The van der Waals surface area contributed by atoms with Crippen LogP contribution < -0.4 is 10.6 Å². The van der Waals surface area contributed by atoms with Crippen molar-refractivity contribution >= 4 is 29.9 Å². The van der Waals surface area contributed by atoms with Gasteiger partial charge in [0.2, 0.25) is 0 Å². The Kier molecular flexibility index (Phi) is 6.55. The number of guanidine groups is 1. The minimum atomic E-state index is 0. The molecule has 3 aliphatic rings. The molecule has 0 heterocycles. The van der Waals surface area contributed by atoms with Gasteiger partial charge in [0.15, 0.2) is 5.96 Å². The molecule has 3 rings (SSSR count). The first kappa shape index (κ1) is 18.8. The third kappa shape index (κ3) is 3.46. The summed E-state index contributed by atoms with van der Waals surface area (Å²) in [5.41, 5.74) is 0.331. The molecule has 0 aromatic heterocycles. The molecule has 5 nitrogen and oxygen atoms in total. The van der Waals surface area contributed by atoms with Gasteiger partial charge < -0.3 is 15.4 Å². The number of hydrogen-bond donors (Lipinski definition) is 2. The average molecular weight is 432 g/mol. The molecule has 3 saturated carbocycles. The Balaban J connectivity index is 0.00000192. The molecular weight excluding hydrogens is 403 g/mol. The summed E-state index contributed by atoms with van der Waals surface area (Å²) in [5, 5.41) is 16.3. The van der Waals surface area contributed by atoms with Gasteiger partial charge >= 0.3 is 0 Å².